The second kappa shape index (κ2) is 8.01. The Bertz CT molecular complexity index is 1010. The smallest absolute Gasteiger partial charge is 0.205 e. The van der Waals surface area contributed by atoms with Gasteiger partial charge < -0.3 is 9.64 Å². The summed E-state index contributed by atoms with van der Waals surface area (Å²) >= 11 is 0. The van der Waals surface area contributed by atoms with Crippen LogP contribution in [0.3, 0.4) is 0 Å². The first kappa shape index (κ1) is 20.3. The molecule has 0 spiro atoms. The normalized spacial score (nSPS) is 15.4. The summed E-state index contributed by atoms with van der Waals surface area (Å²) in [5.41, 5.74) is 2.68. The highest BCUT2D eigenvalue weighted by Crippen LogP contribution is 2.39. The van der Waals surface area contributed by atoms with Crippen molar-refractivity contribution in [3.8, 4) is 28.3 Å². The number of ether oxygens (including phenoxy) is 1. The molecule has 1 saturated heterocycles. The Hall–Kier alpha value is -3.03. The van der Waals surface area contributed by atoms with Gasteiger partial charge in [-0.1, -0.05) is 20.8 Å². The summed E-state index contributed by atoms with van der Waals surface area (Å²) in [5.74, 6) is 1.22. The van der Waals surface area contributed by atoms with Gasteiger partial charge in [-0.05, 0) is 47.6 Å². The van der Waals surface area contributed by atoms with E-state index in [9.17, 15) is 0 Å². The Morgan fingerprint density at radius 2 is 1.90 bits per heavy atom. The second-order valence-electron chi connectivity index (χ2n) is 8.83. The summed E-state index contributed by atoms with van der Waals surface area (Å²) < 4.78 is 20.7. The average molecular weight is 410 g/mol. The van der Waals surface area contributed by atoms with Gasteiger partial charge >= 0.3 is 0 Å². The predicted molar refractivity (Wildman–Crippen MR) is 114 cm³/mol. The minimum absolute atomic E-state index is 0.288. The lowest BCUT2D eigenvalue weighted by Gasteiger charge is -2.40. The predicted octanol–water partition coefficient (Wildman–Crippen LogP) is 4.34. The lowest BCUT2D eigenvalue weighted by Crippen LogP contribution is -2.38. The lowest BCUT2D eigenvalue weighted by atomic mass is 9.75. The van der Waals surface area contributed by atoms with Gasteiger partial charge in [-0.3, -0.25) is 4.98 Å². The van der Waals surface area contributed by atoms with Crippen molar-refractivity contribution in [3.63, 3.8) is 0 Å². The Labute approximate surface area is 175 Å². The molecule has 158 valence electrons. The minimum atomic E-state index is -0.347. The standard InChI is InChI=1S/C22H27FN6O/c1-22(2,3)15-5-7-29(8-6-15)16-10-18(21-25-27-28-26-21)20(19(23)11-16)14-9-17(30-4)13-24-12-14/h9-13,15H,5-8H2,1-4H3,(H,25,26,27,28). The number of aromatic amines is 1. The van der Waals surface area contributed by atoms with Gasteiger partial charge in [0.05, 0.1) is 13.3 Å². The number of methoxy groups -OCH3 is 1. The van der Waals surface area contributed by atoms with Crippen molar-refractivity contribution in [1.29, 1.82) is 0 Å². The Morgan fingerprint density at radius 1 is 1.13 bits per heavy atom. The first-order valence-electron chi connectivity index (χ1n) is 10.2. The van der Waals surface area contributed by atoms with Crippen molar-refractivity contribution in [2.24, 2.45) is 11.3 Å². The molecule has 0 saturated carbocycles. The second-order valence-corrected chi connectivity index (χ2v) is 8.83. The number of tetrazole rings is 1. The molecule has 1 aromatic carbocycles. The zero-order valence-electron chi connectivity index (χ0n) is 17.8. The molecule has 0 atom stereocenters. The van der Waals surface area contributed by atoms with E-state index < -0.39 is 0 Å². The van der Waals surface area contributed by atoms with Crippen LogP contribution in [-0.2, 0) is 0 Å². The van der Waals surface area contributed by atoms with Gasteiger partial charge in [-0.15, -0.1) is 10.2 Å². The van der Waals surface area contributed by atoms with E-state index in [-0.39, 0.29) is 11.2 Å². The number of H-pyrrole nitrogens is 1. The topological polar surface area (TPSA) is 79.8 Å². The highest BCUT2D eigenvalue weighted by atomic mass is 19.1. The first-order chi connectivity index (χ1) is 14.4. The molecule has 0 aliphatic carbocycles. The van der Waals surface area contributed by atoms with Crippen LogP contribution in [0.4, 0.5) is 10.1 Å². The Balaban J connectivity index is 1.73. The molecular weight excluding hydrogens is 383 g/mol. The van der Waals surface area contributed by atoms with Crippen molar-refractivity contribution >= 4 is 5.69 Å². The Morgan fingerprint density at radius 3 is 2.53 bits per heavy atom. The number of aromatic nitrogens is 5. The average Bonchev–Trinajstić information content (AvgIpc) is 3.27. The van der Waals surface area contributed by atoms with E-state index in [4.69, 9.17) is 4.74 Å². The van der Waals surface area contributed by atoms with Gasteiger partial charge in [0.25, 0.3) is 0 Å². The summed E-state index contributed by atoms with van der Waals surface area (Å²) in [4.78, 5) is 6.41. The zero-order valence-corrected chi connectivity index (χ0v) is 17.8. The number of nitrogens with one attached hydrogen (secondary N) is 1. The van der Waals surface area contributed by atoms with E-state index in [2.05, 4.69) is 51.3 Å². The van der Waals surface area contributed by atoms with Gasteiger partial charge in [0.15, 0.2) is 0 Å². The van der Waals surface area contributed by atoms with Gasteiger partial charge in [-0.2, -0.15) is 5.21 Å². The molecule has 3 heterocycles. The van der Waals surface area contributed by atoms with Crippen molar-refractivity contribution in [2.75, 3.05) is 25.1 Å². The molecule has 7 nitrogen and oxygen atoms in total. The molecule has 2 aromatic heterocycles. The summed E-state index contributed by atoms with van der Waals surface area (Å²) in [5, 5.41) is 14.3. The summed E-state index contributed by atoms with van der Waals surface area (Å²) in [7, 11) is 1.56. The number of rotatable bonds is 4. The van der Waals surface area contributed by atoms with Crippen molar-refractivity contribution in [2.45, 2.75) is 33.6 Å². The molecule has 1 N–H and O–H groups in total. The van der Waals surface area contributed by atoms with Crippen molar-refractivity contribution in [1.82, 2.24) is 25.6 Å². The number of piperidine rings is 1. The maximum Gasteiger partial charge on any atom is 0.205 e. The molecule has 4 rings (SSSR count). The third-order valence-corrected chi connectivity index (χ3v) is 5.98. The summed E-state index contributed by atoms with van der Waals surface area (Å²) in [6.45, 7) is 8.66. The van der Waals surface area contributed by atoms with Crippen LogP contribution in [-0.4, -0.2) is 45.8 Å². The van der Waals surface area contributed by atoms with Crippen LogP contribution in [0.2, 0.25) is 0 Å². The largest absolute Gasteiger partial charge is 0.495 e. The molecule has 0 amide bonds. The van der Waals surface area contributed by atoms with Crippen molar-refractivity contribution in [3.05, 3.63) is 36.4 Å². The van der Waals surface area contributed by atoms with Crippen LogP contribution in [0.25, 0.3) is 22.5 Å². The molecule has 1 fully saturated rings. The molecule has 0 bridgehead atoms. The van der Waals surface area contributed by atoms with Gasteiger partial charge in [0.1, 0.15) is 11.6 Å². The van der Waals surface area contributed by atoms with Gasteiger partial charge in [0.2, 0.25) is 5.82 Å². The van der Waals surface area contributed by atoms with Gasteiger partial charge in [0, 0.05) is 41.7 Å². The van der Waals surface area contributed by atoms with E-state index in [0.717, 1.165) is 31.6 Å². The van der Waals surface area contributed by atoms with E-state index in [1.165, 1.54) is 0 Å². The summed E-state index contributed by atoms with van der Waals surface area (Å²) in [6.07, 6.45) is 5.37. The number of halogens is 1. The number of anilines is 1. The maximum absolute atomic E-state index is 15.5. The summed E-state index contributed by atoms with van der Waals surface area (Å²) in [6, 6.07) is 5.29. The molecule has 0 radical (unpaired) electrons. The van der Waals surface area contributed by atoms with E-state index in [1.54, 1.807) is 31.6 Å². The molecule has 30 heavy (non-hydrogen) atoms. The fourth-order valence-electron chi connectivity index (χ4n) is 4.19. The van der Waals surface area contributed by atoms with Crippen LogP contribution in [0, 0.1) is 17.2 Å². The number of hydrogen-bond donors (Lipinski definition) is 1. The van der Waals surface area contributed by atoms with Crippen LogP contribution < -0.4 is 9.64 Å². The molecule has 8 heteroatoms. The first-order valence-corrected chi connectivity index (χ1v) is 10.2. The SMILES string of the molecule is COc1cncc(-c2c(F)cc(N3CCC(C(C)(C)C)CC3)cc2-c2nn[nH]n2)c1. The van der Waals surface area contributed by atoms with Gasteiger partial charge in [-0.25, -0.2) is 4.39 Å². The van der Waals surface area contributed by atoms with Crippen LogP contribution in [0.5, 0.6) is 5.75 Å². The minimum Gasteiger partial charge on any atom is -0.495 e. The van der Waals surface area contributed by atoms with E-state index in [1.807, 2.05) is 6.07 Å². The fraction of sp³-hybridized carbons (Fsp3) is 0.455. The lowest BCUT2D eigenvalue weighted by molar-refractivity contribution is 0.199. The number of hydrogen-bond acceptors (Lipinski definition) is 6. The van der Waals surface area contributed by atoms with Crippen LogP contribution >= 0.6 is 0 Å². The third kappa shape index (κ3) is 3.99. The molecular formula is C22H27FN6O. The third-order valence-electron chi connectivity index (χ3n) is 5.98. The number of pyridine rings is 1. The van der Waals surface area contributed by atoms with Crippen molar-refractivity contribution < 1.29 is 9.13 Å². The maximum atomic E-state index is 15.5. The van der Waals surface area contributed by atoms with E-state index in [0.29, 0.717) is 34.2 Å². The molecule has 0 unspecified atom stereocenters. The monoisotopic (exact) mass is 410 g/mol. The highest BCUT2D eigenvalue weighted by Gasteiger charge is 2.29. The fourth-order valence-corrected chi connectivity index (χ4v) is 4.19. The number of benzene rings is 1. The zero-order chi connectivity index (χ0) is 21.3. The number of nitrogens with zero attached hydrogens (tertiary/aromatic N) is 5. The van der Waals surface area contributed by atoms with Crippen LogP contribution in [0.15, 0.2) is 30.6 Å². The highest BCUT2D eigenvalue weighted by molar-refractivity contribution is 5.84. The van der Waals surface area contributed by atoms with Crippen LogP contribution in [0.1, 0.15) is 33.6 Å². The molecule has 1 aliphatic rings. The van der Waals surface area contributed by atoms with E-state index >= 15 is 4.39 Å². The molecule has 3 aromatic rings. The Kier molecular flexibility index (Phi) is 5.40. The quantitative estimate of drug-likeness (QED) is 0.689. The molecule has 1 aliphatic heterocycles.